The Morgan fingerprint density at radius 1 is 1.40 bits per heavy atom. The van der Waals surface area contributed by atoms with Gasteiger partial charge in [-0.15, -0.1) is 0 Å². The van der Waals surface area contributed by atoms with Crippen molar-refractivity contribution in [1.29, 1.82) is 0 Å². The molecule has 0 aromatic heterocycles. The molecule has 1 aromatic carbocycles. The smallest absolute Gasteiger partial charge is 0.224 e. The number of hydrogen-bond acceptors (Lipinski definition) is 3. The highest BCUT2D eigenvalue weighted by Gasteiger charge is 2.28. The molecule has 25 heavy (non-hydrogen) atoms. The normalized spacial score (nSPS) is 17.3. The second kappa shape index (κ2) is 9.13. The first-order valence-electron chi connectivity index (χ1n) is 8.92. The number of thioether (sulfide) groups is 1. The Bertz CT molecular complexity index is 615. The summed E-state index contributed by atoms with van der Waals surface area (Å²) in [6.07, 6.45) is 1.41. The molecular formula is C19H30N4OS. The van der Waals surface area contributed by atoms with Gasteiger partial charge in [-0.25, -0.2) is 0 Å². The highest BCUT2D eigenvalue weighted by Crippen LogP contribution is 2.29. The van der Waals surface area contributed by atoms with E-state index in [1.54, 1.807) is 0 Å². The van der Waals surface area contributed by atoms with E-state index in [9.17, 15) is 4.79 Å². The van der Waals surface area contributed by atoms with Gasteiger partial charge in [-0.2, -0.15) is 11.8 Å². The highest BCUT2D eigenvalue weighted by atomic mass is 32.2. The fraction of sp³-hybridized carbons (Fsp3) is 0.579. The SMILES string of the molecule is CCCC(=O)Nc1cccc(CNC(=NC)N2CCSC(C)(C)C2)c1. The van der Waals surface area contributed by atoms with Crippen LogP contribution in [0.2, 0.25) is 0 Å². The van der Waals surface area contributed by atoms with Crippen LogP contribution in [0, 0.1) is 0 Å². The number of nitrogens with zero attached hydrogens (tertiary/aromatic N) is 2. The lowest BCUT2D eigenvalue weighted by Gasteiger charge is -2.39. The molecule has 1 aliphatic rings. The van der Waals surface area contributed by atoms with Crippen LogP contribution in [0.15, 0.2) is 29.3 Å². The molecule has 0 atom stereocenters. The van der Waals surface area contributed by atoms with E-state index < -0.39 is 0 Å². The van der Waals surface area contributed by atoms with Crippen LogP contribution >= 0.6 is 11.8 Å². The molecule has 0 spiro atoms. The number of hydrogen-bond donors (Lipinski definition) is 2. The van der Waals surface area contributed by atoms with Gasteiger partial charge in [-0.3, -0.25) is 9.79 Å². The average molecular weight is 363 g/mol. The standard InChI is InChI=1S/C19H30N4OS/c1-5-7-17(24)22-16-9-6-8-15(12-16)13-21-18(20-4)23-10-11-25-19(2,3)14-23/h6,8-9,12H,5,7,10-11,13-14H2,1-4H3,(H,20,21)(H,22,24). The van der Waals surface area contributed by atoms with Crippen molar-refractivity contribution in [3.63, 3.8) is 0 Å². The second-order valence-corrected chi connectivity index (χ2v) is 8.73. The van der Waals surface area contributed by atoms with Gasteiger partial charge in [0.2, 0.25) is 5.91 Å². The Morgan fingerprint density at radius 3 is 2.88 bits per heavy atom. The summed E-state index contributed by atoms with van der Waals surface area (Å²) < 4.78 is 0.249. The van der Waals surface area contributed by atoms with Crippen LogP contribution in [0.5, 0.6) is 0 Å². The summed E-state index contributed by atoms with van der Waals surface area (Å²) in [6.45, 7) is 9.25. The Hall–Kier alpha value is -1.69. The Kier molecular flexibility index (Phi) is 7.17. The number of benzene rings is 1. The number of rotatable bonds is 5. The molecule has 2 rings (SSSR count). The lowest BCUT2D eigenvalue weighted by Crippen LogP contribution is -2.50. The Labute approximate surface area is 155 Å². The lowest BCUT2D eigenvalue weighted by molar-refractivity contribution is -0.116. The van der Waals surface area contributed by atoms with Crippen molar-refractivity contribution in [2.24, 2.45) is 4.99 Å². The summed E-state index contributed by atoms with van der Waals surface area (Å²) >= 11 is 2.01. The van der Waals surface area contributed by atoms with Crippen molar-refractivity contribution in [2.75, 3.05) is 31.2 Å². The molecule has 5 nitrogen and oxygen atoms in total. The van der Waals surface area contributed by atoms with Crippen molar-refractivity contribution in [3.05, 3.63) is 29.8 Å². The zero-order valence-electron chi connectivity index (χ0n) is 15.8. The predicted octanol–water partition coefficient (Wildman–Crippen LogP) is 3.33. The molecule has 1 amide bonds. The third kappa shape index (κ3) is 6.27. The van der Waals surface area contributed by atoms with E-state index in [1.165, 1.54) is 0 Å². The van der Waals surface area contributed by atoms with Crippen molar-refractivity contribution in [1.82, 2.24) is 10.2 Å². The van der Waals surface area contributed by atoms with E-state index in [2.05, 4.69) is 40.4 Å². The van der Waals surface area contributed by atoms with Crippen LogP contribution in [0.1, 0.15) is 39.2 Å². The summed E-state index contributed by atoms with van der Waals surface area (Å²) in [5.74, 6) is 2.12. The number of guanidine groups is 1. The monoisotopic (exact) mass is 362 g/mol. The van der Waals surface area contributed by atoms with Crippen molar-refractivity contribution < 1.29 is 4.79 Å². The zero-order chi connectivity index (χ0) is 18.3. The van der Waals surface area contributed by atoms with Gasteiger partial charge in [0.25, 0.3) is 0 Å². The zero-order valence-corrected chi connectivity index (χ0v) is 16.6. The number of carbonyl (C=O) groups excluding carboxylic acids is 1. The molecular weight excluding hydrogens is 332 g/mol. The van der Waals surface area contributed by atoms with Gasteiger partial charge in [-0.1, -0.05) is 19.1 Å². The van der Waals surface area contributed by atoms with Crippen molar-refractivity contribution >= 4 is 29.3 Å². The first-order chi connectivity index (χ1) is 11.9. The largest absolute Gasteiger partial charge is 0.352 e. The predicted molar refractivity (Wildman–Crippen MR) is 108 cm³/mol. The Balaban J connectivity index is 1.94. The number of nitrogens with one attached hydrogen (secondary N) is 2. The molecule has 1 saturated heterocycles. The molecule has 1 aliphatic heterocycles. The van der Waals surface area contributed by atoms with Gasteiger partial charge >= 0.3 is 0 Å². The maximum absolute atomic E-state index is 11.7. The van der Waals surface area contributed by atoms with E-state index in [-0.39, 0.29) is 10.7 Å². The third-order valence-corrected chi connectivity index (χ3v) is 5.37. The molecule has 1 heterocycles. The van der Waals surface area contributed by atoms with Gasteiger partial charge in [-0.05, 0) is 38.0 Å². The minimum atomic E-state index is 0.0662. The molecule has 0 radical (unpaired) electrons. The van der Waals surface area contributed by atoms with Gasteiger partial charge < -0.3 is 15.5 Å². The van der Waals surface area contributed by atoms with Crippen LogP contribution in [-0.2, 0) is 11.3 Å². The lowest BCUT2D eigenvalue weighted by atomic mass is 10.2. The number of aliphatic imine (C=N–C) groups is 1. The van der Waals surface area contributed by atoms with Crippen LogP contribution in [0.4, 0.5) is 5.69 Å². The van der Waals surface area contributed by atoms with Gasteiger partial charge in [0.05, 0.1) is 0 Å². The molecule has 6 heteroatoms. The van der Waals surface area contributed by atoms with Crippen molar-refractivity contribution in [2.45, 2.75) is 44.9 Å². The summed E-state index contributed by atoms with van der Waals surface area (Å²) in [4.78, 5) is 18.5. The van der Waals surface area contributed by atoms with Crippen LogP contribution in [0.25, 0.3) is 0 Å². The minimum Gasteiger partial charge on any atom is -0.352 e. The topological polar surface area (TPSA) is 56.7 Å². The summed E-state index contributed by atoms with van der Waals surface area (Å²) in [7, 11) is 1.83. The van der Waals surface area contributed by atoms with Gasteiger partial charge in [0.1, 0.15) is 0 Å². The van der Waals surface area contributed by atoms with E-state index >= 15 is 0 Å². The fourth-order valence-electron chi connectivity index (χ4n) is 2.92. The Morgan fingerprint density at radius 2 is 2.20 bits per heavy atom. The quantitative estimate of drug-likeness (QED) is 0.623. The average Bonchev–Trinajstić information content (AvgIpc) is 2.55. The van der Waals surface area contributed by atoms with E-state index in [0.29, 0.717) is 13.0 Å². The molecule has 138 valence electrons. The fourth-order valence-corrected chi connectivity index (χ4v) is 4.03. The molecule has 0 bridgehead atoms. The molecule has 0 aliphatic carbocycles. The maximum Gasteiger partial charge on any atom is 0.224 e. The first-order valence-corrected chi connectivity index (χ1v) is 9.90. The summed E-state index contributed by atoms with van der Waals surface area (Å²) in [5.41, 5.74) is 1.98. The van der Waals surface area contributed by atoms with Crippen LogP contribution < -0.4 is 10.6 Å². The van der Waals surface area contributed by atoms with Crippen LogP contribution in [-0.4, -0.2) is 47.4 Å². The van der Waals surface area contributed by atoms with E-state index in [4.69, 9.17) is 0 Å². The number of anilines is 1. The second-order valence-electron chi connectivity index (χ2n) is 6.93. The minimum absolute atomic E-state index is 0.0662. The third-order valence-electron chi connectivity index (χ3n) is 4.08. The van der Waals surface area contributed by atoms with E-state index in [1.807, 2.05) is 43.9 Å². The molecule has 1 fully saturated rings. The number of amides is 1. The molecule has 0 unspecified atom stereocenters. The molecule has 0 saturated carbocycles. The first kappa shape index (κ1) is 19.6. The van der Waals surface area contributed by atoms with Crippen molar-refractivity contribution in [3.8, 4) is 0 Å². The molecule has 1 aromatic rings. The summed E-state index contributed by atoms with van der Waals surface area (Å²) in [5, 5.41) is 6.40. The van der Waals surface area contributed by atoms with Gasteiger partial charge in [0, 0.05) is 49.3 Å². The highest BCUT2D eigenvalue weighted by molar-refractivity contribution is 8.00. The summed E-state index contributed by atoms with van der Waals surface area (Å²) in [6, 6.07) is 7.98. The van der Waals surface area contributed by atoms with E-state index in [0.717, 1.165) is 42.5 Å². The molecule has 2 N–H and O–H groups in total. The van der Waals surface area contributed by atoms with Crippen LogP contribution in [0.3, 0.4) is 0 Å². The maximum atomic E-state index is 11.7. The van der Waals surface area contributed by atoms with Gasteiger partial charge in [0.15, 0.2) is 5.96 Å². The number of carbonyl (C=O) groups is 1.